The van der Waals surface area contributed by atoms with Gasteiger partial charge < -0.3 is 20.1 Å². The number of rotatable bonds is 56. The molecule has 0 rings (SSSR count). The van der Waals surface area contributed by atoms with Gasteiger partial charge in [-0.25, -0.2) is 4.57 Å². The van der Waals surface area contributed by atoms with Crippen molar-refractivity contribution in [3.05, 3.63) is 60.8 Å². The molecule has 0 aromatic rings. The fraction of sp³-hybridized carbons (Fsp3) is 0.803. The molecule has 0 aliphatic heterocycles. The van der Waals surface area contributed by atoms with Crippen LogP contribution < -0.4 is 5.73 Å². The number of carbonyl (C=O) groups is 2. The maximum atomic E-state index is 12.7. The van der Waals surface area contributed by atoms with Crippen LogP contribution in [-0.4, -0.2) is 49.3 Å². The minimum absolute atomic E-state index is 0.0496. The first kappa shape index (κ1) is 68.7. The summed E-state index contributed by atoms with van der Waals surface area (Å²) in [5.41, 5.74) is 5.38. The number of ether oxygens (including phenoxy) is 2. The molecule has 3 N–H and O–H groups in total. The van der Waals surface area contributed by atoms with Crippen LogP contribution in [0.25, 0.3) is 0 Å². The minimum Gasteiger partial charge on any atom is -0.462 e. The highest BCUT2D eigenvalue weighted by atomic mass is 31.2. The van der Waals surface area contributed by atoms with Crippen molar-refractivity contribution in [1.82, 2.24) is 0 Å². The number of esters is 2. The van der Waals surface area contributed by atoms with Gasteiger partial charge in [-0.05, 0) is 77.0 Å². The van der Waals surface area contributed by atoms with E-state index in [0.29, 0.717) is 6.42 Å². The third-order valence-electron chi connectivity index (χ3n) is 12.9. The van der Waals surface area contributed by atoms with E-state index in [9.17, 15) is 19.0 Å². The van der Waals surface area contributed by atoms with Crippen LogP contribution in [0, 0.1) is 0 Å². The summed E-state index contributed by atoms with van der Waals surface area (Å²) in [6, 6.07) is 0. The van der Waals surface area contributed by atoms with Crippen LogP contribution in [0.2, 0.25) is 0 Å². The van der Waals surface area contributed by atoms with E-state index in [4.69, 9.17) is 24.3 Å². The Morgan fingerprint density at radius 2 is 0.775 bits per heavy atom. The maximum Gasteiger partial charge on any atom is 0.472 e. The first-order valence-electron chi connectivity index (χ1n) is 29.8. The lowest BCUT2D eigenvalue weighted by Gasteiger charge is -2.19. The Balaban J connectivity index is 3.90. The minimum atomic E-state index is -4.39. The van der Waals surface area contributed by atoms with Gasteiger partial charge in [-0.15, -0.1) is 0 Å². The summed E-state index contributed by atoms with van der Waals surface area (Å²) in [5, 5.41) is 0. The Bertz CT molecular complexity index is 1350. The highest BCUT2D eigenvalue weighted by Crippen LogP contribution is 2.43. The van der Waals surface area contributed by atoms with Crippen molar-refractivity contribution < 1.29 is 37.6 Å². The molecule has 0 aromatic carbocycles. The van der Waals surface area contributed by atoms with E-state index >= 15 is 0 Å². The monoisotopic (exact) mass is 1020 g/mol. The van der Waals surface area contributed by atoms with Gasteiger partial charge in [0.1, 0.15) is 6.61 Å². The number of allylic oxidation sites excluding steroid dienone is 10. The summed E-state index contributed by atoms with van der Waals surface area (Å²) in [4.78, 5) is 35.2. The average Bonchev–Trinajstić information content (AvgIpc) is 3.36. The first-order valence-corrected chi connectivity index (χ1v) is 31.3. The molecule has 0 saturated heterocycles. The van der Waals surface area contributed by atoms with Gasteiger partial charge in [-0.1, -0.05) is 254 Å². The molecular weight excluding hydrogens is 906 g/mol. The lowest BCUT2D eigenvalue weighted by Crippen LogP contribution is -2.29. The molecule has 0 spiro atoms. The summed E-state index contributed by atoms with van der Waals surface area (Å²) in [5.74, 6) is -0.836. The second-order valence-corrected chi connectivity index (χ2v) is 21.3. The molecule has 0 radical (unpaired) electrons. The van der Waals surface area contributed by atoms with Crippen LogP contribution in [-0.2, 0) is 32.7 Å². The maximum absolute atomic E-state index is 12.7. The Labute approximate surface area is 438 Å². The van der Waals surface area contributed by atoms with Crippen molar-refractivity contribution in [2.75, 3.05) is 26.4 Å². The number of unbranched alkanes of at least 4 members (excludes halogenated alkanes) is 33. The van der Waals surface area contributed by atoms with Crippen LogP contribution in [0.4, 0.5) is 0 Å². The summed E-state index contributed by atoms with van der Waals surface area (Å²) < 4.78 is 33.0. The summed E-state index contributed by atoms with van der Waals surface area (Å²) in [6.07, 6.45) is 71.5. The topological polar surface area (TPSA) is 134 Å². The lowest BCUT2D eigenvalue weighted by atomic mass is 10.0. The van der Waals surface area contributed by atoms with E-state index < -0.39 is 26.5 Å². The van der Waals surface area contributed by atoms with E-state index in [0.717, 1.165) is 83.5 Å². The second-order valence-electron chi connectivity index (χ2n) is 19.8. The van der Waals surface area contributed by atoms with Crippen molar-refractivity contribution >= 4 is 19.8 Å². The van der Waals surface area contributed by atoms with Gasteiger partial charge in [-0.3, -0.25) is 18.6 Å². The summed E-state index contributed by atoms with van der Waals surface area (Å²) in [7, 11) is -4.39. The van der Waals surface area contributed by atoms with E-state index in [1.807, 2.05) is 0 Å². The third-order valence-corrected chi connectivity index (χ3v) is 13.9. The van der Waals surface area contributed by atoms with Gasteiger partial charge >= 0.3 is 19.8 Å². The van der Waals surface area contributed by atoms with Crippen molar-refractivity contribution in [2.45, 2.75) is 290 Å². The van der Waals surface area contributed by atoms with Crippen molar-refractivity contribution in [3.63, 3.8) is 0 Å². The van der Waals surface area contributed by atoms with E-state index in [2.05, 4.69) is 74.6 Å². The smallest absolute Gasteiger partial charge is 0.462 e. The predicted octanol–water partition coefficient (Wildman–Crippen LogP) is 18.7. The van der Waals surface area contributed by atoms with E-state index in [-0.39, 0.29) is 38.6 Å². The zero-order valence-corrected chi connectivity index (χ0v) is 47.1. The van der Waals surface area contributed by atoms with Crippen LogP contribution >= 0.6 is 7.82 Å². The van der Waals surface area contributed by atoms with E-state index in [1.165, 1.54) is 167 Å². The van der Waals surface area contributed by atoms with E-state index in [1.54, 1.807) is 0 Å². The molecule has 0 aromatic heterocycles. The van der Waals surface area contributed by atoms with Gasteiger partial charge in [0.2, 0.25) is 0 Å². The number of phosphoric ester groups is 1. The normalized spacial score (nSPS) is 13.5. The first-order chi connectivity index (χ1) is 34.8. The molecule has 10 heteroatoms. The van der Waals surface area contributed by atoms with Crippen LogP contribution in [0.3, 0.4) is 0 Å². The zero-order valence-electron chi connectivity index (χ0n) is 46.2. The molecule has 0 aliphatic carbocycles. The largest absolute Gasteiger partial charge is 0.472 e. The van der Waals surface area contributed by atoms with Gasteiger partial charge in [0, 0.05) is 19.4 Å². The molecule has 414 valence electrons. The highest BCUT2D eigenvalue weighted by molar-refractivity contribution is 7.47. The fourth-order valence-corrected chi connectivity index (χ4v) is 9.27. The molecule has 9 nitrogen and oxygen atoms in total. The van der Waals surface area contributed by atoms with Crippen molar-refractivity contribution in [2.24, 2.45) is 5.73 Å². The van der Waals surface area contributed by atoms with Gasteiger partial charge in [-0.2, -0.15) is 0 Å². The summed E-state index contributed by atoms with van der Waals surface area (Å²) in [6.45, 7) is 3.64. The molecule has 0 amide bonds. The van der Waals surface area contributed by atoms with Crippen LogP contribution in [0.5, 0.6) is 0 Å². The Kier molecular flexibility index (Phi) is 55.2. The van der Waals surface area contributed by atoms with Crippen LogP contribution in [0.1, 0.15) is 284 Å². The van der Waals surface area contributed by atoms with Crippen LogP contribution in [0.15, 0.2) is 60.8 Å². The molecule has 2 atom stereocenters. The second kappa shape index (κ2) is 57.0. The Hall–Kier alpha value is -2.29. The fourth-order valence-electron chi connectivity index (χ4n) is 8.51. The molecule has 2 unspecified atom stereocenters. The van der Waals surface area contributed by atoms with Gasteiger partial charge in [0.05, 0.1) is 13.2 Å². The third kappa shape index (κ3) is 56.9. The average molecular weight is 1020 g/mol. The highest BCUT2D eigenvalue weighted by Gasteiger charge is 2.26. The zero-order chi connectivity index (χ0) is 51.7. The Morgan fingerprint density at radius 1 is 0.437 bits per heavy atom. The number of nitrogens with two attached hydrogens (primary N) is 1. The number of hydrogen-bond acceptors (Lipinski definition) is 8. The molecular formula is C61H112NO8P. The number of hydrogen-bond donors (Lipinski definition) is 2. The molecule has 0 aliphatic rings. The number of phosphoric acid groups is 1. The van der Waals surface area contributed by atoms with Gasteiger partial charge in [0.25, 0.3) is 0 Å². The number of carbonyl (C=O) groups excluding carboxylic acids is 2. The SMILES string of the molecule is CC/C=C\C/C=C\C/C=C\C/C=C\CCCCCCCCC(=O)OC(COC(=O)CCCCCCCCCCCCCCCCCCCCC/C=C\CCCCCCCCCC)COP(=O)(O)OCCN. The molecule has 0 fully saturated rings. The summed E-state index contributed by atoms with van der Waals surface area (Å²) >= 11 is 0. The lowest BCUT2D eigenvalue weighted by molar-refractivity contribution is -0.161. The van der Waals surface area contributed by atoms with Crippen molar-refractivity contribution in [1.29, 1.82) is 0 Å². The molecule has 0 saturated carbocycles. The van der Waals surface area contributed by atoms with Gasteiger partial charge in [0.15, 0.2) is 6.10 Å². The molecule has 0 heterocycles. The quantitative estimate of drug-likeness (QED) is 0.0264. The standard InChI is InChI=1S/C61H112NO8P/c1-3-5-7-9-11-13-15-17-19-21-23-24-25-26-27-28-29-30-31-32-33-34-36-37-39-41-43-45-47-49-51-53-60(63)67-57-59(58-69-71(65,66)68-56-55-62)70-61(64)54-52-50-48-46-44-42-40-38-35-22-20-18-16-14-12-10-8-6-4-2/h6,8,12,14,18,20-21,23,35,38,59H,3-5,7,9-11,13,15-17,19,22,24-34,36-37,39-58,62H2,1-2H3,(H,65,66)/b8-6-,14-12-,20-18-,23-21-,38-35-. The Morgan fingerprint density at radius 3 is 1.17 bits per heavy atom. The van der Waals surface area contributed by atoms with Crippen molar-refractivity contribution in [3.8, 4) is 0 Å². The molecule has 71 heavy (non-hydrogen) atoms. The predicted molar refractivity (Wildman–Crippen MR) is 303 cm³/mol. The molecule has 0 bridgehead atoms.